The van der Waals surface area contributed by atoms with Gasteiger partial charge in [0.1, 0.15) is 126 Å². The lowest BCUT2D eigenvalue weighted by Gasteiger charge is -2.43. The minimum atomic E-state index is -1.85. The summed E-state index contributed by atoms with van der Waals surface area (Å²) in [6.07, 6.45) is 11.5. The SMILES string of the molecule is Cn1ccnc1S(=O)C(c1ccc(F)cc1)(c1ccc(F)cc1)c1ccc(F)cc1.O=S(Cc1nccs1)C(c1ccc(F)cc1)(c1ccc(F)cc1)c1ccc(F)cc1.O=S(c1ccccc1)C(c1ccc(F)cc1)(c1ccc(F)cc1)C1CCCCC1.O=S(c1ccccc1)C(c1ccc(F)cc1)(c1ccc(F)cc1)c1ccc(F)cc1.O=S(c1ccccn1)C(c1ccc(F)cc1)(c1ccc(F)cc1)c1ccc(F)cc1. The fraction of sp³-hybridized carbons (Fsp3) is 0.108. The van der Waals surface area contributed by atoms with E-state index in [2.05, 4.69) is 15.0 Å². The summed E-state index contributed by atoms with van der Waals surface area (Å²) >= 11 is 1.38. The third kappa shape index (κ3) is 23.3. The quantitative estimate of drug-likeness (QED) is 0.0387. The Balaban J connectivity index is 0.000000133. The average Bonchev–Trinajstić information content (AvgIpc) is 1.70. The van der Waals surface area contributed by atoms with Crippen LogP contribution < -0.4 is 0 Å². The topological polar surface area (TPSA) is 129 Å². The molecular weight excluding hydrogens is 2040 g/mol. The molecule has 1 aliphatic carbocycles. The molecule has 0 amide bonds. The molecule has 0 spiro atoms. The van der Waals surface area contributed by atoms with Crippen molar-refractivity contribution in [3.8, 4) is 0 Å². The van der Waals surface area contributed by atoms with Crippen molar-refractivity contribution in [3.05, 3.63) is 613 Å². The molecule has 20 rings (SSSR count). The third-order valence-corrected chi connectivity index (χ3v) is 36.4. The molecule has 1 fully saturated rings. The van der Waals surface area contributed by atoms with Crippen molar-refractivity contribution in [2.45, 2.75) is 81.6 Å². The summed E-state index contributed by atoms with van der Waals surface area (Å²) in [4.78, 5) is 14.0. The fourth-order valence-corrected chi connectivity index (χ4v) is 28.8. The number of halogens is 14. The van der Waals surface area contributed by atoms with E-state index in [9.17, 15) is 82.5 Å². The summed E-state index contributed by atoms with van der Waals surface area (Å²) < 4.78 is 258. The molecule has 1 aliphatic rings. The summed E-state index contributed by atoms with van der Waals surface area (Å²) in [7, 11) is -6.76. The van der Waals surface area contributed by atoms with Gasteiger partial charge in [-0.1, -0.05) is 232 Å². The molecule has 19 aromatic rings. The summed E-state index contributed by atoms with van der Waals surface area (Å²) in [6.45, 7) is 0. The predicted octanol–water partition coefficient (Wildman–Crippen LogP) is 29.1. The first-order chi connectivity index (χ1) is 72.1. The lowest BCUT2D eigenvalue weighted by atomic mass is 9.72. The zero-order chi connectivity index (χ0) is 105. The highest BCUT2D eigenvalue weighted by Gasteiger charge is 2.51. The first-order valence-corrected chi connectivity index (χ1v) is 53.5. The van der Waals surface area contributed by atoms with Crippen LogP contribution in [0.1, 0.15) is 115 Å². The molecule has 0 bridgehead atoms. The van der Waals surface area contributed by atoms with Gasteiger partial charge in [0.05, 0.1) is 38.2 Å². The van der Waals surface area contributed by atoms with Crippen molar-refractivity contribution in [1.29, 1.82) is 0 Å². The number of rotatable bonds is 26. The van der Waals surface area contributed by atoms with Crippen LogP contribution in [0, 0.1) is 87.4 Å². The summed E-state index contributed by atoms with van der Waals surface area (Å²) in [5, 5.41) is 3.02. The van der Waals surface area contributed by atoms with Gasteiger partial charge in [-0.15, -0.1) is 11.3 Å². The van der Waals surface area contributed by atoms with E-state index in [1.807, 2.05) is 36.4 Å². The van der Waals surface area contributed by atoms with E-state index in [0.717, 1.165) is 48.1 Å². The maximum Gasteiger partial charge on any atom is 0.200 e. The van der Waals surface area contributed by atoms with Crippen molar-refractivity contribution >= 4 is 65.3 Å². The van der Waals surface area contributed by atoms with Crippen molar-refractivity contribution in [3.63, 3.8) is 0 Å². The van der Waals surface area contributed by atoms with Crippen LogP contribution in [0.5, 0.6) is 0 Å². The number of pyridine rings is 1. The van der Waals surface area contributed by atoms with Gasteiger partial charge in [-0.05, 0) is 303 Å². The molecule has 9 nitrogen and oxygen atoms in total. The van der Waals surface area contributed by atoms with Crippen molar-refractivity contribution in [2.75, 3.05) is 0 Å². The van der Waals surface area contributed by atoms with E-state index in [1.54, 1.807) is 169 Å². The Kier molecular flexibility index (Phi) is 34.8. The number of hydrogen-bond acceptors (Lipinski definition) is 9. The molecule has 16 aromatic carbocycles. The average molecular weight is 2130 g/mol. The van der Waals surface area contributed by atoms with E-state index >= 15 is 0 Å². The molecule has 29 heteroatoms. The van der Waals surface area contributed by atoms with E-state index in [1.165, 1.54) is 266 Å². The molecule has 0 N–H and O–H groups in total. The zero-order valence-corrected chi connectivity index (χ0v) is 84.0. The Hall–Kier alpha value is -14.7. The van der Waals surface area contributed by atoms with Crippen molar-refractivity contribution in [2.24, 2.45) is 13.0 Å². The molecule has 3 heterocycles. The Bertz CT molecular complexity index is 7090. The van der Waals surface area contributed by atoms with Gasteiger partial charge in [-0.25, -0.2) is 80.6 Å². The second-order valence-electron chi connectivity index (χ2n) is 34.5. The second-order valence-corrected chi connectivity index (χ2v) is 43.4. The predicted molar refractivity (Wildman–Crippen MR) is 556 cm³/mol. The summed E-state index contributed by atoms with van der Waals surface area (Å²) in [5.41, 5.74) is 7.96. The number of hydrogen-bond donors (Lipinski definition) is 0. The molecule has 754 valence electrons. The highest BCUT2D eigenvalue weighted by Crippen LogP contribution is 2.54. The lowest BCUT2D eigenvalue weighted by Crippen LogP contribution is -2.42. The number of benzene rings is 16. The van der Waals surface area contributed by atoms with Crippen molar-refractivity contribution < 1.29 is 82.5 Å². The standard InChI is InChI=1S/C25H17F3OS.C25H24F2OS.C24H16F3NOS.C23H17F3N2OS.C23H16F3NOS2/c26-21-12-6-18(7-13-21)25(19-8-14-22(27)15-9-19,20-10-16-23(28)17-11-20)30(29)24-4-2-1-3-5-24;26-22-15-11-20(12-16-22)25(19-7-3-1-4-8-19,21-13-17-23(27)18-14-21)29(28)24-9-5-2-6-10-24;25-20-10-4-17(5-11-20)24(18-6-12-21(26)13-7-18,19-8-14-22(27)15-9-19)30(29)23-3-1-2-16-28-23;1-28-15-14-27-22(28)30(29)23(16-2-8-19(24)9-3-16,17-4-10-20(25)11-5-17)18-6-12-21(26)13-7-18;24-19-7-1-16(2-8-19)23(17-3-9-20(25)10-4-17,18-5-11-21(26)12-6-18)30(28)15-22-27-13-14-29-22/h1-17H;2,5-6,9-19H,1,3-4,7-8H2;1-16H;2-15H,1H3;1-14H,15H2. The van der Waals surface area contributed by atoms with Crippen LogP contribution in [-0.2, 0) is 90.5 Å². The van der Waals surface area contributed by atoms with E-state index in [-0.39, 0.29) is 33.5 Å². The largest absolute Gasteiger partial charge is 0.327 e. The molecule has 0 radical (unpaired) electrons. The number of aromatic nitrogens is 4. The molecule has 5 unspecified atom stereocenters. The normalized spacial score (nSPS) is 13.3. The minimum Gasteiger partial charge on any atom is -0.327 e. The van der Waals surface area contributed by atoms with Crippen LogP contribution in [0.25, 0.3) is 0 Å². The van der Waals surface area contributed by atoms with Gasteiger partial charge in [0.25, 0.3) is 0 Å². The van der Waals surface area contributed by atoms with E-state index in [4.69, 9.17) is 0 Å². The molecule has 149 heavy (non-hydrogen) atoms. The van der Waals surface area contributed by atoms with Gasteiger partial charge in [0.15, 0.2) is 5.16 Å². The van der Waals surface area contributed by atoms with Gasteiger partial charge in [0.2, 0.25) is 0 Å². The highest BCUT2D eigenvalue weighted by atomic mass is 32.2. The fourth-order valence-electron chi connectivity index (χ4n) is 18.8. The molecule has 0 saturated heterocycles. The number of thiazole rings is 1. The summed E-state index contributed by atoms with van der Waals surface area (Å²) in [6, 6.07) is 104. The molecular formula is C120H90F14N4O5S6. The molecule has 0 aliphatic heterocycles. The second kappa shape index (κ2) is 48.5. The van der Waals surface area contributed by atoms with Gasteiger partial charge in [-0.2, -0.15) is 0 Å². The highest BCUT2D eigenvalue weighted by molar-refractivity contribution is 7.87. The van der Waals surface area contributed by atoms with Gasteiger partial charge >= 0.3 is 0 Å². The van der Waals surface area contributed by atoms with Crippen LogP contribution in [0.4, 0.5) is 61.5 Å². The third-order valence-electron chi connectivity index (χ3n) is 25.6. The smallest absolute Gasteiger partial charge is 0.200 e. The van der Waals surface area contributed by atoms with E-state index < -0.39 is 148 Å². The molecule has 3 aromatic heterocycles. The maximum absolute atomic E-state index is 14.3. The Morgan fingerprint density at radius 2 is 0.503 bits per heavy atom. The van der Waals surface area contributed by atoms with Gasteiger partial charge < -0.3 is 4.57 Å². The van der Waals surface area contributed by atoms with Crippen LogP contribution >= 0.6 is 11.3 Å². The number of imidazole rings is 1. The number of aryl methyl sites for hydroxylation is 1. The Labute approximate surface area is 868 Å². The summed E-state index contributed by atoms with van der Waals surface area (Å²) in [5.74, 6) is -5.70. The first kappa shape index (κ1) is 107. The molecule has 5 atom stereocenters. The van der Waals surface area contributed by atoms with Gasteiger partial charge in [-0.3, -0.25) is 16.8 Å². The minimum absolute atomic E-state index is 0.119. The Morgan fingerprint density at radius 1 is 0.255 bits per heavy atom. The monoisotopic (exact) mass is 2120 g/mol. The molecule has 1 saturated carbocycles. The maximum atomic E-state index is 14.3. The number of nitrogens with zero attached hydrogens (tertiary/aromatic N) is 4. The lowest BCUT2D eigenvalue weighted by molar-refractivity contribution is 0.301. The van der Waals surface area contributed by atoms with Crippen LogP contribution in [0.2, 0.25) is 0 Å². The first-order valence-electron chi connectivity index (χ1n) is 46.7. The van der Waals surface area contributed by atoms with Gasteiger partial charge in [0, 0.05) is 57.8 Å². The van der Waals surface area contributed by atoms with E-state index in [0.29, 0.717) is 76.7 Å². The van der Waals surface area contributed by atoms with Crippen molar-refractivity contribution in [1.82, 2.24) is 19.5 Å². The Morgan fingerprint density at radius 3 is 0.752 bits per heavy atom. The van der Waals surface area contributed by atoms with Crippen LogP contribution in [-0.4, -0.2) is 40.6 Å². The van der Waals surface area contributed by atoms with Crippen LogP contribution in [0.3, 0.4) is 0 Å². The van der Waals surface area contributed by atoms with Crippen LogP contribution in [0.15, 0.2) is 469 Å². The zero-order valence-electron chi connectivity index (χ0n) is 79.1.